The van der Waals surface area contributed by atoms with Gasteiger partial charge < -0.3 is 10.2 Å². The van der Waals surface area contributed by atoms with E-state index in [0.29, 0.717) is 5.69 Å². The van der Waals surface area contributed by atoms with Crippen LogP contribution in [0.2, 0.25) is 0 Å². The molecule has 3 aromatic rings. The molecule has 162 valence electrons. The average Bonchev–Trinajstić information content (AvgIpc) is 3.34. The summed E-state index contributed by atoms with van der Waals surface area (Å²) in [5.74, 6) is -1.06. The first-order valence-corrected chi connectivity index (χ1v) is 12.5. The van der Waals surface area contributed by atoms with Gasteiger partial charge in [-0.2, -0.15) is 15.6 Å². The number of anilines is 1. The predicted molar refractivity (Wildman–Crippen MR) is 122 cm³/mol. The topological polar surface area (TPSA) is 86.8 Å². The number of fused-ring (bicyclic) bond motifs is 1. The third-order valence-electron chi connectivity index (χ3n) is 5.22. The van der Waals surface area contributed by atoms with Crippen LogP contribution in [0.5, 0.6) is 0 Å². The van der Waals surface area contributed by atoms with E-state index in [1.807, 2.05) is 36.4 Å². The lowest BCUT2D eigenvalue weighted by molar-refractivity contribution is -0.132. The second kappa shape index (κ2) is 8.96. The molecule has 0 radical (unpaired) electrons. The number of benzene rings is 2. The Hall–Kier alpha value is -2.46. The molecular formula is C21H20ClN3O4S2. The number of nitrogens with zero attached hydrogens (tertiary/aromatic N) is 2. The van der Waals surface area contributed by atoms with Gasteiger partial charge in [-0.25, -0.2) is 8.42 Å². The summed E-state index contributed by atoms with van der Waals surface area (Å²) in [5, 5.41) is 7.99. The van der Waals surface area contributed by atoms with Gasteiger partial charge in [-0.1, -0.05) is 30.3 Å². The van der Waals surface area contributed by atoms with Crippen LogP contribution in [0.4, 0.5) is 5.69 Å². The van der Waals surface area contributed by atoms with Gasteiger partial charge in [0.05, 0.1) is 4.90 Å². The van der Waals surface area contributed by atoms with Gasteiger partial charge in [0.25, 0.3) is 0 Å². The fourth-order valence-corrected chi connectivity index (χ4v) is 6.36. The molecule has 2 amide bonds. The summed E-state index contributed by atoms with van der Waals surface area (Å²) in [7, 11) is -3.88. The van der Waals surface area contributed by atoms with Gasteiger partial charge in [-0.15, -0.1) is 11.6 Å². The highest BCUT2D eigenvalue weighted by Crippen LogP contribution is 2.25. The molecule has 1 saturated heterocycles. The third kappa shape index (κ3) is 4.45. The molecule has 1 N–H and O–H groups in total. The Labute approximate surface area is 189 Å². The zero-order chi connectivity index (χ0) is 22.0. The van der Waals surface area contributed by atoms with E-state index in [1.165, 1.54) is 32.0 Å². The monoisotopic (exact) mass is 477 g/mol. The Kier molecular flexibility index (Phi) is 6.29. The first kappa shape index (κ1) is 21.8. The zero-order valence-corrected chi connectivity index (χ0v) is 18.8. The largest absolute Gasteiger partial charge is 0.338 e. The molecule has 1 fully saturated rings. The molecule has 1 aromatic heterocycles. The number of carbonyl (C=O) groups is 2. The van der Waals surface area contributed by atoms with Crippen molar-refractivity contribution in [3.63, 3.8) is 0 Å². The number of sulfonamides is 1. The molecule has 1 atom stereocenters. The van der Waals surface area contributed by atoms with Crippen LogP contribution in [0.15, 0.2) is 64.2 Å². The van der Waals surface area contributed by atoms with E-state index in [1.54, 1.807) is 11.4 Å². The molecule has 7 nitrogen and oxygen atoms in total. The summed E-state index contributed by atoms with van der Waals surface area (Å²) in [4.78, 5) is 26.9. The van der Waals surface area contributed by atoms with Crippen LogP contribution >= 0.6 is 22.9 Å². The standard InChI is InChI=1S/C21H20ClN3O4S2/c22-12-20(26)24-8-9-25(31(28,29)18-7-10-30-14-18)19(13-24)21(27)23-17-6-5-15-3-1-2-4-16(15)11-17/h1-7,10-11,14,19H,8-9,12-13H2,(H,23,27)/t19-/m0/s1. The Morgan fingerprint density at radius 2 is 1.87 bits per heavy atom. The van der Waals surface area contributed by atoms with E-state index in [2.05, 4.69) is 5.32 Å². The molecule has 0 bridgehead atoms. The maximum absolute atomic E-state index is 13.2. The molecule has 0 spiro atoms. The number of rotatable bonds is 5. The summed E-state index contributed by atoms with van der Waals surface area (Å²) in [6, 6.07) is 13.6. The van der Waals surface area contributed by atoms with Gasteiger partial charge in [0.15, 0.2) is 0 Å². The quantitative estimate of drug-likeness (QED) is 0.572. The van der Waals surface area contributed by atoms with Crippen molar-refractivity contribution >= 4 is 61.2 Å². The van der Waals surface area contributed by atoms with Gasteiger partial charge in [-0.05, 0) is 34.4 Å². The van der Waals surface area contributed by atoms with Crippen molar-refractivity contribution in [2.45, 2.75) is 10.9 Å². The van der Waals surface area contributed by atoms with E-state index in [4.69, 9.17) is 11.6 Å². The Morgan fingerprint density at radius 1 is 1.10 bits per heavy atom. The van der Waals surface area contributed by atoms with Gasteiger partial charge in [0, 0.05) is 30.7 Å². The minimum absolute atomic E-state index is 0.0105. The number of carbonyl (C=O) groups excluding carboxylic acids is 2. The van der Waals surface area contributed by atoms with Gasteiger partial charge in [0.2, 0.25) is 21.8 Å². The Balaban J connectivity index is 1.63. The smallest absolute Gasteiger partial charge is 0.244 e. The van der Waals surface area contributed by atoms with E-state index < -0.39 is 22.0 Å². The van der Waals surface area contributed by atoms with Crippen molar-refractivity contribution in [3.05, 3.63) is 59.3 Å². The first-order chi connectivity index (χ1) is 14.9. The van der Waals surface area contributed by atoms with Crippen LogP contribution < -0.4 is 5.32 Å². The fourth-order valence-electron chi connectivity index (χ4n) is 3.61. The highest BCUT2D eigenvalue weighted by atomic mass is 35.5. The molecule has 4 rings (SSSR count). The van der Waals surface area contributed by atoms with Gasteiger partial charge >= 0.3 is 0 Å². The van der Waals surface area contributed by atoms with Crippen LogP contribution in [0.1, 0.15) is 0 Å². The van der Waals surface area contributed by atoms with Crippen molar-refractivity contribution < 1.29 is 18.0 Å². The van der Waals surface area contributed by atoms with E-state index in [9.17, 15) is 18.0 Å². The first-order valence-electron chi connectivity index (χ1n) is 9.57. The third-order valence-corrected chi connectivity index (χ3v) is 8.18. The minimum Gasteiger partial charge on any atom is -0.338 e. The molecule has 2 aromatic carbocycles. The maximum atomic E-state index is 13.2. The van der Waals surface area contributed by atoms with Crippen LogP contribution in [-0.4, -0.2) is 61.0 Å². The van der Waals surface area contributed by atoms with E-state index >= 15 is 0 Å². The van der Waals surface area contributed by atoms with Gasteiger partial charge in [0.1, 0.15) is 11.9 Å². The molecule has 1 aliphatic rings. The number of thiophene rings is 1. The van der Waals surface area contributed by atoms with Crippen molar-refractivity contribution in [2.24, 2.45) is 0 Å². The second-order valence-electron chi connectivity index (χ2n) is 7.12. The number of alkyl halides is 1. The lowest BCUT2D eigenvalue weighted by Crippen LogP contribution is -2.60. The molecule has 31 heavy (non-hydrogen) atoms. The van der Waals surface area contributed by atoms with E-state index in [-0.39, 0.29) is 36.3 Å². The van der Waals surface area contributed by atoms with Crippen molar-refractivity contribution in [2.75, 3.05) is 30.8 Å². The fraction of sp³-hybridized carbons (Fsp3) is 0.238. The van der Waals surface area contributed by atoms with Crippen molar-refractivity contribution in [3.8, 4) is 0 Å². The number of piperazine rings is 1. The lowest BCUT2D eigenvalue weighted by Gasteiger charge is -2.39. The molecule has 0 unspecified atom stereocenters. The van der Waals surface area contributed by atoms with E-state index in [0.717, 1.165) is 10.8 Å². The molecular weight excluding hydrogens is 458 g/mol. The number of hydrogen-bond acceptors (Lipinski definition) is 5. The zero-order valence-electron chi connectivity index (χ0n) is 16.4. The lowest BCUT2D eigenvalue weighted by atomic mass is 10.1. The summed E-state index contributed by atoms with van der Waals surface area (Å²) >= 11 is 6.95. The molecule has 1 aliphatic heterocycles. The second-order valence-corrected chi connectivity index (χ2v) is 10.1. The minimum atomic E-state index is -3.88. The average molecular weight is 478 g/mol. The predicted octanol–water partition coefficient (Wildman–Crippen LogP) is 2.98. The number of nitrogens with one attached hydrogen (secondary N) is 1. The SMILES string of the molecule is O=C(Nc1ccc2ccccc2c1)[C@@H]1CN(C(=O)CCl)CCN1S(=O)(=O)c1ccsc1. The molecule has 0 saturated carbocycles. The van der Waals surface area contributed by atoms with Crippen LogP contribution in [0.25, 0.3) is 10.8 Å². The number of amides is 2. The Morgan fingerprint density at radius 3 is 2.58 bits per heavy atom. The summed E-state index contributed by atoms with van der Waals surface area (Å²) in [5.41, 5.74) is 0.553. The van der Waals surface area contributed by atoms with Crippen LogP contribution in [0, 0.1) is 0 Å². The maximum Gasteiger partial charge on any atom is 0.244 e. The molecule has 10 heteroatoms. The van der Waals surface area contributed by atoms with Crippen LogP contribution in [0.3, 0.4) is 0 Å². The highest BCUT2D eigenvalue weighted by Gasteiger charge is 2.41. The van der Waals surface area contributed by atoms with Crippen LogP contribution in [-0.2, 0) is 19.6 Å². The Bertz CT molecular complexity index is 1210. The van der Waals surface area contributed by atoms with Gasteiger partial charge in [-0.3, -0.25) is 9.59 Å². The summed E-state index contributed by atoms with van der Waals surface area (Å²) < 4.78 is 27.5. The normalized spacial score (nSPS) is 17.6. The summed E-state index contributed by atoms with van der Waals surface area (Å²) in [6.45, 7) is 0.125. The molecule has 2 heterocycles. The summed E-state index contributed by atoms with van der Waals surface area (Å²) in [6.07, 6.45) is 0. The highest BCUT2D eigenvalue weighted by molar-refractivity contribution is 7.89. The number of hydrogen-bond donors (Lipinski definition) is 1. The van der Waals surface area contributed by atoms with Crippen molar-refractivity contribution in [1.82, 2.24) is 9.21 Å². The number of halogens is 1. The van der Waals surface area contributed by atoms with Crippen molar-refractivity contribution in [1.29, 1.82) is 0 Å². The molecule has 0 aliphatic carbocycles.